The second-order valence-corrected chi connectivity index (χ2v) is 6.05. The van der Waals surface area contributed by atoms with Crippen LogP contribution in [0.4, 0.5) is 0 Å². The zero-order chi connectivity index (χ0) is 12.8. The van der Waals surface area contributed by atoms with Crippen LogP contribution in [-0.2, 0) is 9.53 Å². The van der Waals surface area contributed by atoms with E-state index in [1.165, 1.54) is 24.6 Å². The first-order chi connectivity index (χ1) is 8.75. The van der Waals surface area contributed by atoms with Gasteiger partial charge in [-0.1, -0.05) is 0 Å². The van der Waals surface area contributed by atoms with Crippen molar-refractivity contribution in [1.29, 1.82) is 0 Å². The van der Waals surface area contributed by atoms with Gasteiger partial charge in [0.15, 0.2) is 6.10 Å². The lowest BCUT2D eigenvalue weighted by atomic mass is 10.2. The first-order valence-corrected chi connectivity index (χ1v) is 7.80. The van der Waals surface area contributed by atoms with Crippen LogP contribution in [0.5, 0.6) is 0 Å². The minimum atomic E-state index is -0.830. The summed E-state index contributed by atoms with van der Waals surface area (Å²) in [6.07, 6.45) is 0.981. The molecular weight excluding hydrogens is 252 g/mol. The van der Waals surface area contributed by atoms with Crippen molar-refractivity contribution in [2.24, 2.45) is 0 Å². The maximum absolute atomic E-state index is 10.7. The summed E-state index contributed by atoms with van der Waals surface area (Å²) in [7, 11) is 0. The molecule has 2 aliphatic heterocycles. The Balaban J connectivity index is 1.52. The first kappa shape index (κ1) is 14.1. The summed E-state index contributed by atoms with van der Waals surface area (Å²) in [5, 5.41) is 12.2. The molecule has 2 N–H and O–H groups in total. The number of nitrogens with one attached hydrogen (secondary N) is 1. The first-order valence-electron chi connectivity index (χ1n) is 6.65. The van der Waals surface area contributed by atoms with Crippen LogP contribution in [0.15, 0.2) is 0 Å². The number of carboxylic acids is 1. The molecule has 2 saturated heterocycles. The second kappa shape index (κ2) is 7.33. The maximum Gasteiger partial charge on any atom is 0.332 e. The van der Waals surface area contributed by atoms with E-state index in [1.807, 2.05) is 11.8 Å². The SMILES string of the molecule is O=C(O)C1CCC(CNCCN2CCSCC2)O1. The van der Waals surface area contributed by atoms with Gasteiger partial charge < -0.3 is 20.1 Å². The molecule has 0 aromatic rings. The molecule has 2 atom stereocenters. The molecule has 6 heteroatoms. The Bertz CT molecular complexity index is 272. The third-order valence-electron chi connectivity index (χ3n) is 3.46. The Morgan fingerprint density at radius 1 is 1.39 bits per heavy atom. The Morgan fingerprint density at radius 3 is 2.83 bits per heavy atom. The minimum absolute atomic E-state index is 0.0722. The van der Waals surface area contributed by atoms with Crippen LogP contribution in [0.25, 0.3) is 0 Å². The van der Waals surface area contributed by atoms with Gasteiger partial charge in [-0.05, 0) is 12.8 Å². The summed E-state index contributed by atoms with van der Waals surface area (Å²) in [5.41, 5.74) is 0. The number of aliphatic carboxylic acids is 1. The number of carboxylic acid groups (broad SMARTS) is 1. The molecule has 0 aliphatic carbocycles. The molecule has 2 fully saturated rings. The monoisotopic (exact) mass is 274 g/mol. The van der Waals surface area contributed by atoms with Gasteiger partial charge in [0, 0.05) is 44.2 Å². The molecular formula is C12H22N2O3S. The van der Waals surface area contributed by atoms with Crippen molar-refractivity contribution in [2.75, 3.05) is 44.2 Å². The number of hydrogen-bond donors (Lipinski definition) is 2. The largest absolute Gasteiger partial charge is 0.479 e. The van der Waals surface area contributed by atoms with Gasteiger partial charge in [-0.3, -0.25) is 0 Å². The van der Waals surface area contributed by atoms with Crippen LogP contribution >= 0.6 is 11.8 Å². The zero-order valence-electron chi connectivity index (χ0n) is 10.6. The number of ether oxygens (including phenoxy) is 1. The molecule has 2 unspecified atom stereocenters. The molecule has 104 valence electrons. The normalized spacial score (nSPS) is 29.6. The summed E-state index contributed by atoms with van der Waals surface area (Å²) < 4.78 is 5.44. The van der Waals surface area contributed by atoms with Gasteiger partial charge >= 0.3 is 5.97 Å². The van der Waals surface area contributed by atoms with Crippen LogP contribution in [-0.4, -0.2) is 72.4 Å². The second-order valence-electron chi connectivity index (χ2n) is 4.82. The molecule has 0 spiro atoms. The number of rotatable bonds is 6. The van der Waals surface area contributed by atoms with Crippen LogP contribution in [0.2, 0.25) is 0 Å². The summed E-state index contributed by atoms with van der Waals surface area (Å²) in [6.45, 7) is 5.19. The highest BCUT2D eigenvalue weighted by molar-refractivity contribution is 7.99. The molecule has 0 bridgehead atoms. The van der Waals surface area contributed by atoms with E-state index < -0.39 is 12.1 Å². The summed E-state index contributed by atoms with van der Waals surface area (Å²) in [5.74, 6) is 1.65. The van der Waals surface area contributed by atoms with Gasteiger partial charge in [-0.2, -0.15) is 11.8 Å². The standard InChI is InChI=1S/C12H22N2O3S/c15-12(16)11-2-1-10(17-11)9-13-3-4-14-5-7-18-8-6-14/h10-11,13H,1-9H2,(H,15,16). The van der Waals surface area contributed by atoms with Crippen molar-refractivity contribution in [2.45, 2.75) is 25.0 Å². The Morgan fingerprint density at radius 2 is 2.17 bits per heavy atom. The van der Waals surface area contributed by atoms with Gasteiger partial charge in [0.1, 0.15) is 0 Å². The fourth-order valence-corrected chi connectivity index (χ4v) is 3.34. The molecule has 0 aromatic carbocycles. The van der Waals surface area contributed by atoms with Crippen LogP contribution in [0.1, 0.15) is 12.8 Å². The van der Waals surface area contributed by atoms with E-state index in [-0.39, 0.29) is 6.10 Å². The van der Waals surface area contributed by atoms with E-state index in [9.17, 15) is 4.79 Å². The van der Waals surface area contributed by atoms with Gasteiger partial charge in [0.2, 0.25) is 0 Å². The molecule has 2 heterocycles. The average Bonchev–Trinajstić information content (AvgIpc) is 2.85. The predicted octanol–water partition coefficient (Wildman–Crippen LogP) is 0.257. The molecule has 5 nitrogen and oxygen atoms in total. The quantitative estimate of drug-likeness (QED) is 0.677. The van der Waals surface area contributed by atoms with E-state index in [1.54, 1.807) is 0 Å². The average molecular weight is 274 g/mol. The van der Waals surface area contributed by atoms with Crippen molar-refractivity contribution in [3.63, 3.8) is 0 Å². The highest BCUT2D eigenvalue weighted by Gasteiger charge is 2.29. The van der Waals surface area contributed by atoms with E-state index >= 15 is 0 Å². The zero-order valence-corrected chi connectivity index (χ0v) is 11.5. The van der Waals surface area contributed by atoms with Gasteiger partial charge in [0.25, 0.3) is 0 Å². The van der Waals surface area contributed by atoms with Gasteiger partial charge in [-0.15, -0.1) is 0 Å². The van der Waals surface area contributed by atoms with Crippen LogP contribution in [0.3, 0.4) is 0 Å². The molecule has 18 heavy (non-hydrogen) atoms. The molecule has 0 amide bonds. The Kier molecular flexibility index (Phi) is 5.75. The Labute approximate surface area is 112 Å². The number of carbonyl (C=O) groups is 1. The number of thioether (sulfide) groups is 1. The summed E-state index contributed by atoms with van der Waals surface area (Å²) >= 11 is 2.02. The molecule has 0 radical (unpaired) electrons. The van der Waals surface area contributed by atoms with Crippen molar-refractivity contribution in [1.82, 2.24) is 10.2 Å². The van der Waals surface area contributed by atoms with Crippen molar-refractivity contribution >= 4 is 17.7 Å². The lowest BCUT2D eigenvalue weighted by molar-refractivity contribution is -0.149. The Hall–Kier alpha value is -0.300. The van der Waals surface area contributed by atoms with E-state index in [4.69, 9.17) is 9.84 Å². The van der Waals surface area contributed by atoms with Gasteiger partial charge in [-0.25, -0.2) is 4.79 Å². The van der Waals surface area contributed by atoms with Crippen molar-refractivity contribution < 1.29 is 14.6 Å². The van der Waals surface area contributed by atoms with E-state index in [2.05, 4.69) is 10.2 Å². The lowest BCUT2D eigenvalue weighted by Gasteiger charge is -2.26. The van der Waals surface area contributed by atoms with Gasteiger partial charge in [0.05, 0.1) is 6.10 Å². The summed E-state index contributed by atoms with van der Waals surface area (Å²) in [6, 6.07) is 0. The van der Waals surface area contributed by atoms with Crippen LogP contribution < -0.4 is 5.32 Å². The fourth-order valence-electron chi connectivity index (χ4n) is 2.36. The van der Waals surface area contributed by atoms with E-state index in [0.717, 1.165) is 26.1 Å². The number of nitrogens with zero attached hydrogens (tertiary/aromatic N) is 1. The maximum atomic E-state index is 10.7. The van der Waals surface area contributed by atoms with Crippen LogP contribution in [0, 0.1) is 0 Å². The third-order valence-corrected chi connectivity index (χ3v) is 4.41. The van der Waals surface area contributed by atoms with E-state index in [0.29, 0.717) is 6.42 Å². The predicted molar refractivity (Wildman–Crippen MR) is 72.2 cm³/mol. The van der Waals surface area contributed by atoms with Crippen molar-refractivity contribution in [3.05, 3.63) is 0 Å². The summed E-state index contributed by atoms with van der Waals surface area (Å²) in [4.78, 5) is 13.2. The molecule has 2 aliphatic rings. The number of hydrogen-bond acceptors (Lipinski definition) is 5. The third kappa shape index (κ3) is 4.42. The smallest absolute Gasteiger partial charge is 0.332 e. The van der Waals surface area contributed by atoms with Crippen molar-refractivity contribution in [3.8, 4) is 0 Å². The molecule has 0 saturated carbocycles. The minimum Gasteiger partial charge on any atom is -0.479 e. The fraction of sp³-hybridized carbons (Fsp3) is 0.917. The lowest BCUT2D eigenvalue weighted by Crippen LogP contribution is -2.39. The topological polar surface area (TPSA) is 61.8 Å². The molecule has 0 aromatic heterocycles. The highest BCUT2D eigenvalue weighted by Crippen LogP contribution is 2.19. The molecule has 2 rings (SSSR count). The highest BCUT2D eigenvalue weighted by atomic mass is 32.2.